The summed E-state index contributed by atoms with van der Waals surface area (Å²) in [6.07, 6.45) is 1.53. The van der Waals surface area contributed by atoms with E-state index in [9.17, 15) is 67.7 Å². The van der Waals surface area contributed by atoms with Crippen molar-refractivity contribution in [2.24, 2.45) is 29.4 Å². The van der Waals surface area contributed by atoms with Gasteiger partial charge in [-0.2, -0.15) is 0 Å². The number of carbonyl (C=O) groups is 13. The van der Waals surface area contributed by atoms with Crippen molar-refractivity contribution in [3.05, 3.63) is 71.8 Å². The molecule has 3 rings (SSSR count). The van der Waals surface area contributed by atoms with Gasteiger partial charge in [-0.15, -0.1) is 0 Å². The predicted octanol–water partition coefficient (Wildman–Crippen LogP) is 1.15. The number of carboxylic acid groups (broad SMARTS) is 1. The first-order valence-corrected chi connectivity index (χ1v) is 33.8. The third-order valence-corrected chi connectivity index (χ3v) is 17.9. The number of aliphatic hydroxyl groups is 1. The maximum Gasteiger partial charge on any atom is 0.328 e. The second kappa shape index (κ2) is 39.2. The first-order chi connectivity index (χ1) is 45.8. The summed E-state index contributed by atoms with van der Waals surface area (Å²) in [6, 6.07) is 3.61. The second-order valence-electron chi connectivity index (χ2n) is 27.7. The van der Waals surface area contributed by atoms with Crippen LogP contribution in [0.25, 0.3) is 0 Å². The van der Waals surface area contributed by atoms with Gasteiger partial charge in [-0.25, -0.2) is 4.79 Å². The first kappa shape index (κ1) is 83.7. The zero-order valence-corrected chi connectivity index (χ0v) is 60.7. The fourth-order valence-corrected chi connectivity index (χ4v) is 11.7. The summed E-state index contributed by atoms with van der Waals surface area (Å²) in [5.41, 5.74) is 7.59. The van der Waals surface area contributed by atoms with E-state index in [1.54, 1.807) is 60.7 Å². The zero-order chi connectivity index (χ0) is 74.3. The van der Waals surface area contributed by atoms with Gasteiger partial charge in [0.15, 0.2) is 0 Å². The van der Waals surface area contributed by atoms with Crippen molar-refractivity contribution in [1.82, 2.24) is 60.9 Å². The number of hydrogen-bond acceptors (Lipinski definition) is 15. The quantitative estimate of drug-likeness (QED) is 0.0470. The number of aliphatic carboxylic acids is 1. The van der Waals surface area contributed by atoms with Crippen LogP contribution < -0.4 is 32.3 Å². The number of nitrogens with two attached hydrogens (primary N) is 1. The summed E-state index contributed by atoms with van der Waals surface area (Å²) in [6.45, 7) is 19.3. The molecule has 0 spiro atoms. The first-order valence-electron chi connectivity index (χ1n) is 33.8. The van der Waals surface area contributed by atoms with Crippen LogP contribution in [0.3, 0.4) is 0 Å². The van der Waals surface area contributed by atoms with Gasteiger partial charge in [0.05, 0.1) is 19.2 Å². The average Bonchev–Trinajstić information content (AvgIpc) is 1.46. The predicted molar refractivity (Wildman–Crippen MR) is 368 cm³/mol. The standard InChI is InChI=1S/C70H111N13O15/c1-40(2)32-50(71)66(93)80(16)54(34-42(5)6)63(90)74-44(9)64(91)79(15)55(36-48-26-21-19-22-27-48)61(88)72-38-58(85)77(13)46(11)59(86)75-51(33-41(3)4)67(94)82(18)57(37-49-28-23-20-24-29-49)69(96)83-31-25-30-53(83)62(89)73-45(10)65(92)81(17)56(35-43(7)8)68(95)78(14)47(12)60(87)76-52(39-84)70(97)98/h19-24,26-29,40-47,50-57,84H,25,30-39,71H2,1-18H3,(H,72,88)(H,73,89)(H,74,90)(H,75,86)(H,76,87)(H,97,98)/t44-,45-,46-,47-,50-,51-,52-,53-,54-,55-,56-,57-/m0/s1. The number of carboxylic acids is 1. The molecular weight excluding hydrogens is 1260 g/mol. The van der Waals surface area contributed by atoms with Crippen LogP contribution in [0.15, 0.2) is 60.7 Å². The van der Waals surface area contributed by atoms with Crippen LogP contribution in [0.5, 0.6) is 0 Å². The number of rotatable bonds is 37. The minimum atomic E-state index is -1.61. The molecule has 9 N–H and O–H groups in total. The second-order valence-corrected chi connectivity index (χ2v) is 27.7. The van der Waals surface area contributed by atoms with Gasteiger partial charge in [-0.05, 0) is 101 Å². The van der Waals surface area contributed by atoms with Crippen LogP contribution in [-0.2, 0) is 75.2 Å². The molecule has 0 bridgehead atoms. The number of nitrogens with zero attached hydrogens (tertiary/aromatic N) is 7. The normalized spacial score (nSPS) is 16.3. The highest BCUT2D eigenvalue weighted by Gasteiger charge is 2.44. The van der Waals surface area contributed by atoms with Crippen molar-refractivity contribution in [1.29, 1.82) is 0 Å². The fourth-order valence-electron chi connectivity index (χ4n) is 11.7. The molecule has 98 heavy (non-hydrogen) atoms. The summed E-state index contributed by atoms with van der Waals surface area (Å²) in [5, 5.41) is 31.9. The van der Waals surface area contributed by atoms with Gasteiger partial charge >= 0.3 is 5.97 Å². The number of likely N-dealkylation sites (N-methyl/N-ethyl adjacent to an activating group) is 6. The van der Waals surface area contributed by atoms with E-state index >= 15 is 4.79 Å². The van der Waals surface area contributed by atoms with Crippen LogP contribution in [-0.4, -0.2) is 256 Å². The number of amides is 12. The van der Waals surface area contributed by atoms with Crippen molar-refractivity contribution in [3.8, 4) is 0 Å². The Hall–Kier alpha value is -8.53. The van der Waals surface area contributed by atoms with Crippen LogP contribution in [0.1, 0.15) is 133 Å². The van der Waals surface area contributed by atoms with Gasteiger partial charge in [-0.3, -0.25) is 57.5 Å². The molecule has 12 amide bonds. The smallest absolute Gasteiger partial charge is 0.328 e. The SMILES string of the molecule is CC(C)C[C@H](NC(=O)[C@H](C)N(C)C(=O)CNC(=O)[C@H](Cc1ccccc1)N(C)C(=O)[C@H](C)NC(=O)[C@H](CC(C)C)N(C)C(=O)[C@@H](N)CC(C)C)C(=O)N(C)[C@@H](Cc1ccccc1)C(=O)N1CCC[C@H]1C(=O)N[C@@H](C)C(=O)N(C)[C@@H](CC(C)C)C(=O)N(C)[C@@H](C)C(=O)N[C@@H](CO)C(=O)O. The Balaban J connectivity index is 1.83. The highest BCUT2D eigenvalue weighted by molar-refractivity contribution is 5.99. The molecule has 1 aliphatic rings. The van der Waals surface area contributed by atoms with Crippen LogP contribution in [0.4, 0.5) is 0 Å². The van der Waals surface area contributed by atoms with E-state index in [0.717, 1.165) is 9.80 Å². The van der Waals surface area contributed by atoms with Gasteiger partial charge in [0.2, 0.25) is 70.9 Å². The third kappa shape index (κ3) is 24.2. The summed E-state index contributed by atoms with van der Waals surface area (Å²) in [5.74, 6) is -9.53. The molecule has 28 heteroatoms. The number of likely N-dealkylation sites (tertiary alicyclic amines) is 1. The minimum absolute atomic E-state index is 0.00394. The lowest BCUT2D eigenvalue weighted by atomic mass is 9.99. The van der Waals surface area contributed by atoms with E-state index in [1.807, 2.05) is 55.4 Å². The summed E-state index contributed by atoms with van der Waals surface area (Å²) < 4.78 is 0. The van der Waals surface area contributed by atoms with Gasteiger partial charge in [0.25, 0.3) is 0 Å². The molecule has 12 atom stereocenters. The largest absolute Gasteiger partial charge is 0.480 e. The van der Waals surface area contributed by atoms with Crippen molar-refractivity contribution in [2.45, 2.75) is 207 Å². The Labute approximate surface area is 578 Å². The molecule has 2 aromatic carbocycles. The molecule has 28 nitrogen and oxygen atoms in total. The molecule has 1 heterocycles. The van der Waals surface area contributed by atoms with E-state index in [-0.39, 0.29) is 68.7 Å². The number of benzene rings is 2. The Morgan fingerprint density at radius 2 is 0.918 bits per heavy atom. The highest BCUT2D eigenvalue weighted by atomic mass is 16.4. The topological polar surface area (TPSA) is 371 Å². The average molecular weight is 1370 g/mol. The van der Waals surface area contributed by atoms with Crippen LogP contribution in [0, 0.1) is 23.7 Å². The maximum absolute atomic E-state index is 15.1. The van der Waals surface area contributed by atoms with Crippen molar-refractivity contribution >= 4 is 76.9 Å². The van der Waals surface area contributed by atoms with Crippen molar-refractivity contribution in [3.63, 3.8) is 0 Å². The van der Waals surface area contributed by atoms with Gasteiger partial charge < -0.3 is 76.8 Å². The lowest BCUT2D eigenvalue weighted by Gasteiger charge is -2.36. The molecule has 2 aromatic rings. The monoisotopic (exact) mass is 1370 g/mol. The maximum atomic E-state index is 15.1. The molecule has 0 radical (unpaired) electrons. The molecule has 0 aliphatic carbocycles. The van der Waals surface area contributed by atoms with Crippen molar-refractivity contribution < 1.29 is 72.5 Å². The zero-order valence-electron chi connectivity index (χ0n) is 60.7. The van der Waals surface area contributed by atoms with Crippen LogP contribution >= 0.6 is 0 Å². The van der Waals surface area contributed by atoms with Gasteiger partial charge in [-0.1, -0.05) is 116 Å². The van der Waals surface area contributed by atoms with Gasteiger partial charge in [0.1, 0.15) is 66.5 Å². The highest BCUT2D eigenvalue weighted by Crippen LogP contribution is 2.25. The molecule has 1 fully saturated rings. The molecule has 1 saturated heterocycles. The summed E-state index contributed by atoms with van der Waals surface area (Å²) >= 11 is 0. The summed E-state index contributed by atoms with van der Waals surface area (Å²) in [4.78, 5) is 189. The number of carbonyl (C=O) groups excluding carboxylic acids is 12. The Morgan fingerprint density at radius 1 is 0.480 bits per heavy atom. The van der Waals surface area contributed by atoms with Crippen LogP contribution in [0.2, 0.25) is 0 Å². The van der Waals surface area contributed by atoms with Crippen molar-refractivity contribution in [2.75, 3.05) is 62.0 Å². The van der Waals surface area contributed by atoms with E-state index < -0.39 is 163 Å². The Kier molecular flexibility index (Phi) is 33.4. The van der Waals surface area contributed by atoms with E-state index in [1.165, 1.54) is 94.5 Å². The molecule has 546 valence electrons. The molecule has 1 aliphatic heterocycles. The fraction of sp³-hybridized carbons (Fsp3) is 0.643. The molecule has 0 aromatic heterocycles. The molecule has 0 unspecified atom stereocenters. The third-order valence-electron chi connectivity index (χ3n) is 17.9. The molecule has 0 saturated carbocycles. The Morgan fingerprint density at radius 3 is 1.41 bits per heavy atom. The van der Waals surface area contributed by atoms with E-state index in [2.05, 4.69) is 26.6 Å². The van der Waals surface area contributed by atoms with Gasteiger partial charge in [0, 0.05) is 61.7 Å². The van der Waals surface area contributed by atoms with E-state index in [0.29, 0.717) is 24.0 Å². The number of hydrogen-bond donors (Lipinski definition) is 8. The Bertz CT molecular complexity index is 3060. The van der Waals surface area contributed by atoms with E-state index in [4.69, 9.17) is 5.73 Å². The lowest BCUT2D eigenvalue weighted by Crippen LogP contribution is -2.60. The lowest BCUT2D eigenvalue weighted by molar-refractivity contribution is -0.150. The molecular formula is C70H111N13O15. The number of nitrogens with one attached hydrogen (secondary N) is 5. The minimum Gasteiger partial charge on any atom is -0.480 e. The summed E-state index contributed by atoms with van der Waals surface area (Å²) in [7, 11) is 8.41. The number of aliphatic hydroxyl groups excluding tert-OH is 1.